The minimum Gasteiger partial charge on any atom is -0.494 e. The van der Waals surface area contributed by atoms with E-state index in [-0.39, 0.29) is 12.5 Å². The molecule has 0 spiro atoms. The lowest BCUT2D eigenvalue weighted by molar-refractivity contribution is 0.102. The van der Waals surface area contributed by atoms with E-state index in [0.717, 1.165) is 28.0 Å². The number of benzene rings is 3. The first-order valence-electron chi connectivity index (χ1n) is 11.2. The summed E-state index contributed by atoms with van der Waals surface area (Å²) in [6, 6.07) is 21.6. The van der Waals surface area contributed by atoms with Crippen molar-refractivity contribution in [1.29, 1.82) is 0 Å². The van der Waals surface area contributed by atoms with Crippen molar-refractivity contribution in [1.82, 2.24) is 10.2 Å². The number of nitrogens with zero attached hydrogens (tertiary/aromatic N) is 3. The highest BCUT2D eigenvalue weighted by atomic mass is 32.2. The molecule has 4 rings (SSSR count). The molecule has 1 N–H and O–H groups in total. The number of nitrogens with one attached hydrogen (secondary N) is 1. The molecule has 0 unspecified atom stereocenters. The number of hydrogen-bond donors (Lipinski definition) is 1. The SMILES string of the molecule is CCOc1ccc(N(Cc2ccc(C(=O)Nc3nnc(-c4ccc(C)cc4)s3)cc2)S(C)(=O)=O)cc1. The number of hydrogen-bond acceptors (Lipinski definition) is 7. The molecule has 0 saturated carbocycles. The number of amides is 1. The van der Waals surface area contributed by atoms with Crippen LogP contribution in [0.5, 0.6) is 5.75 Å². The van der Waals surface area contributed by atoms with Crippen LogP contribution >= 0.6 is 11.3 Å². The minimum absolute atomic E-state index is 0.130. The van der Waals surface area contributed by atoms with Gasteiger partial charge in [-0.1, -0.05) is 53.3 Å². The molecule has 1 amide bonds. The molecule has 0 aliphatic rings. The van der Waals surface area contributed by atoms with E-state index in [1.54, 1.807) is 48.5 Å². The zero-order chi connectivity index (χ0) is 25.7. The lowest BCUT2D eigenvalue weighted by atomic mass is 10.1. The summed E-state index contributed by atoms with van der Waals surface area (Å²) in [6.45, 7) is 4.56. The van der Waals surface area contributed by atoms with Gasteiger partial charge < -0.3 is 4.74 Å². The second-order valence-electron chi connectivity index (χ2n) is 8.13. The molecule has 186 valence electrons. The Morgan fingerprint density at radius 2 is 1.64 bits per heavy atom. The van der Waals surface area contributed by atoms with Crippen molar-refractivity contribution in [2.75, 3.05) is 22.5 Å². The van der Waals surface area contributed by atoms with Gasteiger partial charge >= 0.3 is 0 Å². The molecule has 1 heterocycles. The largest absolute Gasteiger partial charge is 0.494 e. The number of anilines is 2. The van der Waals surface area contributed by atoms with Gasteiger partial charge in [0.2, 0.25) is 15.2 Å². The Morgan fingerprint density at radius 1 is 0.972 bits per heavy atom. The van der Waals surface area contributed by atoms with Crippen LogP contribution in [0, 0.1) is 6.92 Å². The predicted molar refractivity (Wildman–Crippen MR) is 143 cm³/mol. The Morgan fingerprint density at radius 3 is 2.25 bits per heavy atom. The van der Waals surface area contributed by atoms with E-state index in [1.165, 1.54) is 15.6 Å². The van der Waals surface area contributed by atoms with Crippen molar-refractivity contribution in [3.63, 3.8) is 0 Å². The molecule has 1 aromatic heterocycles. The molecule has 0 atom stereocenters. The smallest absolute Gasteiger partial charge is 0.257 e. The van der Waals surface area contributed by atoms with Crippen molar-refractivity contribution >= 4 is 38.1 Å². The Balaban J connectivity index is 1.44. The predicted octanol–water partition coefficient (Wildman–Crippen LogP) is 5.13. The summed E-state index contributed by atoms with van der Waals surface area (Å²) in [7, 11) is -3.53. The fourth-order valence-corrected chi connectivity index (χ4v) is 5.09. The van der Waals surface area contributed by atoms with Crippen LogP contribution in [0.4, 0.5) is 10.8 Å². The zero-order valence-corrected chi connectivity index (χ0v) is 21.8. The molecule has 0 aliphatic heterocycles. The first-order valence-corrected chi connectivity index (χ1v) is 13.9. The van der Waals surface area contributed by atoms with Gasteiger partial charge in [0.15, 0.2) is 0 Å². The lowest BCUT2D eigenvalue weighted by Crippen LogP contribution is -2.29. The summed E-state index contributed by atoms with van der Waals surface area (Å²) >= 11 is 1.29. The molecule has 36 heavy (non-hydrogen) atoms. The van der Waals surface area contributed by atoms with Crippen LogP contribution in [0.1, 0.15) is 28.4 Å². The highest BCUT2D eigenvalue weighted by Crippen LogP contribution is 2.27. The minimum atomic E-state index is -3.53. The first kappa shape index (κ1) is 25.3. The van der Waals surface area contributed by atoms with Crippen molar-refractivity contribution in [3.05, 3.63) is 89.5 Å². The Bertz CT molecular complexity index is 1430. The summed E-state index contributed by atoms with van der Waals surface area (Å²) in [5.74, 6) is 0.353. The summed E-state index contributed by atoms with van der Waals surface area (Å²) in [5, 5.41) is 12.1. The Kier molecular flexibility index (Phi) is 7.66. The average molecular weight is 523 g/mol. The second-order valence-corrected chi connectivity index (χ2v) is 11.0. The molecule has 0 bridgehead atoms. The van der Waals surface area contributed by atoms with Crippen LogP contribution in [0.3, 0.4) is 0 Å². The average Bonchev–Trinajstić information content (AvgIpc) is 3.32. The quantitative estimate of drug-likeness (QED) is 0.327. The highest BCUT2D eigenvalue weighted by molar-refractivity contribution is 7.92. The number of sulfonamides is 1. The summed E-state index contributed by atoms with van der Waals surface area (Å²) < 4.78 is 31.7. The molecule has 8 nitrogen and oxygen atoms in total. The van der Waals surface area contributed by atoms with Crippen molar-refractivity contribution < 1.29 is 17.9 Å². The van der Waals surface area contributed by atoms with E-state index in [1.807, 2.05) is 38.1 Å². The van der Waals surface area contributed by atoms with Gasteiger partial charge in [0.1, 0.15) is 10.8 Å². The number of carbonyl (C=O) groups excluding carboxylic acids is 1. The monoisotopic (exact) mass is 522 g/mol. The van der Waals surface area contributed by atoms with Gasteiger partial charge in [-0.3, -0.25) is 14.4 Å². The van der Waals surface area contributed by atoms with Crippen LogP contribution < -0.4 is 14.4 Å². The third-order valence-corrected chi connectivity index (χ3v) is 7.35. The van der Waals surface area contributed by atoms with Crippen LogP contribution in [0.2, 0.25) is 0 Å². The van der Waals surface area contributed by atoms with Gasteiger partial charge in [0.25, 0.3) is 5.91 Å². The van der Waals surface area contributed by atoms with E-state index in [4.69, 9.17) is 4.74 Å². The second kappa shape index (κ2) is 10.9. The van der Waals surface area contributed by atoms with Crippen LogP contribution in [0.25, 0.3) is 10.6 Å². The fraction of sp³-hybridized carbons (Fsp3) is 0.192. The highest BCUT2D eigenvalue weighted by Gasteiger charge is 2.19. The molecular weight excluding hydrogens is 496 g/mol. The van der Waals surface area contributed by atoms with Gasteiger partial charge in [-0.15, -0.1) is 10.2 Å². The first-order chi connectivity index (χ1) is 17.2. The van der Waals surface area contributed by atoms with Gasteiger partial charge in [-0.25, -0.2) is 8.42 Å². The third-order valence-electron chi connectivity index (χ3n) is 5.32. The van der Waals surface area contributed by atoms with Crippen LogP contribution in [-0.2, 0) is 16.6 Å². The van der Waals surface area contributed by atoms with Gasteiger partial charge in [0.05, 0.1) is 25.1 Å². The number of rotatable bonds is 9. The molecular formula is C26H26N4O4S2. The molecule has 0 fully saturated rings. The molecule has 0 radical (unpaired) electrons. The molecule has 0 saturated heterocycles. The maximum Gasteiger partial charge on any atom is 0.257 e. The standard InChI is InChI=1S/C26H26N4O4S2/c1-4-34-23-15-13-22(14-16-23)30(36(3,32)33)17-19-7-11-20(12-8-19)24(31)27-26-29-28-25(35-26)21-9-5-18(2)6-10-21/h5-16H,4,17H2,1-3H3,(H,27,29,31). The number of carbonyl (C=O) groups is 1. The van der Waals surface area contributed by atoms with Crippen molar-refractivity contribution in [3.8, 4) is 16.3 Å². The third kappa shape index (κ3) is 6.27. The molecule has 0 aliphatic carbocycles. The van der Waals surface area contributed by atoms with Crippen molar-refractivity contribution in [2.24, 2.45) is 0 Å². The summed E-state index contributed by atoms with van der Waals surface area (Å²) in [5.41, 5.74) is 3.79. The van der Waals surface area contributed by atoms with Crippen LogP contribution in [0.15, 0.2) is 72.8 Å². The van der Waals surface area contributed by atoms with Gasteiger partial charge in [-0.2, -0.15) is 0 Å². The van der Waals surface area contributed by atoms with E-state index >= 15 is 0 Å². The normalized spacial score (nSPS) is 11.2. The van der Waals surface area contributed by atoms with Crippen LogP contribution in [-0.4, -0.2) is 37.4 Å². The molecule has 4 aromatic rings. The van der Waals surface area contributed by atoms with E-state index in [2.05, 4.69) is 15.5 Å². The summed E-state index contributed by atoms with van der Waals surface area (Å²) in [6.07, 6.45) is 1.16. The Labute approximate surface area is 214 Å². The number of aryl methyl sites for hydroxylation is 1. The maximum absolute atomic E-state index is 12.7. The maximum atomic E-state index is 12.7. The Hall–Kier alpha value is -3.76. The van der Waals surface area contributed by atoms with Gasteiger partial charge in [0, 0.05) is 11.1 Å². The summed E-state index contributed by atoms with van der Waals surface area (Å²) in [4.78, 5) is 12.7. The lowest BCUT2D eigenvalue weighted by Gasteiger charge is -2.23. The van der Waals surface area contributed by atoms with E-state index in [9.17, 15) is 13.2 Å². The fourth-order valence-electron chi connectivity index (χ4n) is 3.46. The van der Waals surface area contributed by atoms with E-state index < -0.39 is 10.0 Å². The number of ether oxygens (including phenoxy) is 1. The molecule has 10 heteroatoms. The molecule has 3 aromatic carbocycles. The topological polar surface area (TPSA) is 101 Å². The zero-order valence-electron chi connectivity index (χ0n) is 20.1. The van der Waals surface area contributed by atoms with Gasteiger partial charge in [-0.05, 0) is 55.8 Å². The van der Waals surface area contributed by atoms with E-state index in [0.29, 0.717) is 28.7 Å². The van der Waals surface area contributed by atoms with Crippen molar-refractivity contribution in [2.45, 2.75) is 20.4 Å². The number of aromatic nitrogens is 2.